The quantitative estimate of drug-likeness (QED) is 0.764. The number of hydrogen-bond acceptors (Lipinski definition) is 2. The molecule has 2 nitrogen and oxygen atoms in total. The summed E-state index contributed by atoms with van der Waals surface area (Å²) in [5, 5.41) is 11.0. The SMILES string of the molecule is C/C=C\c1ccc2c(C)ccnc2c1O. The van der Waals surface area contributed by atoms with E-state index in [9.17, 15) is 5.11 Å². The molecule has 2 heteroatoms. The van der Waals surface area contributed by atoms with Crippen molar-refractivity contribution in [2.75, 3.05) is 0 Å². The molecule has 76 valence electrons. The first-order chi connectivity index (χ1) is 7.24. The molecule has 0 atom stereocenters. The zero-order chi connectivity index (χ0) is 10.8. The molecule has 1 aromatic carbocycles. The van der Waals surface area contributed by atoms with E-state index >= 15 is 0 Å². The van der Waals surface area contributed by atoms with Gasteiger partial charge in [-0.1, -0.05) is 24.3 Å². The van der Waals surface area contributed by atoms with E-state index in [-0.39, 0.29) is 5.75 Å². The molecule has 2 rings (SSSR count). The zero-order valence-electron chi connectivity index (χ0n) is 8.86. The van der Waals surface area contributed by atoms with Gasteiger partial charge in [-0.2, -0.15) is 0 Å². The summed E-state index contributed by atoms with van der Waals surface area (Å²) in [5.41, 5.74) is 2.61. The highest BCUT2D eigenvalue weighted by Gasteiger charge is 2.06. The van der Waals surface area contributed by atoms with E-state index in [1.807, 2.05) is 44.2 Å². The van der Waals surface area contributed by atoms with Gasteiger partial charge >= 0.3 is 0 Å². The van der Waals surface area contributed by atoms with E-state index in [1.165, 1.54) is 0 Å². The second kappa shape index (κ2) is 3.73. The van der Waals surface area contributed by atoms with Gasteiger partial charge < -0.3 is 5.11 Å². The second-order valence-electron chi connectivity index (χ2n) is 3.53. The fourth-order valence-corrected chi connectivity index (χ4v) is 1.67. The summed E-state index contributed by atoms with van der Waals surface area (Å²) in [6, 6.07) is 5.84. The summed E-state index contributed by atoms with van der Waals surface area (Å²) in [5.74, 6) is 0.259. The van der Waals surface area contributed by atoms with Crippen LogP contribution in [0, 0.1) is 6.92 Å². The van der Waals surface area contributed by atoms with Crippen molar-refractivity contribution in [1.29, 1.82) is 0 Å². The third-order valence-corrected chi connectivity index (χ3v) is 2.48. The van der Waals surface area contributed by atoms with Crippen LogP contribution in [0.15, 0.2) is 30.5 Å². The Morgan fingerprint density at radius 2 is 2.07 bits per heavy atom. The summed E-state index contributed by atoms with van der Waals surface area (Å²) < 4.78 is 0. The van der Waals surface area contributed by atoms with Crippen LogP contribution in [0.5, 0.6) is 5.75 Å². The van der Waals surface area contributed by atoms with Crippen LogP contribution in [-0.2, 0) is 0 Å². The van der Waals surface area contributed by atoms with Gasteiger partial charge in [-0.15, -0.1) is 0 Å². The van der Waals surface area contributed by atoms with E-state index in [2.05, 4.69) is 4.98 Å². The number of benzene rings is 1. The fraction of sp³-hybridized carbons (Fsp3) is 0.154. The molecule has 1 N–H and O–H groups in total. The lowest BCUT2D eigenvalue weighted by atomic mass is 10.1. The molecule has 0 radical (unpaired) electrons. The molecule has 0 saturated heterocycles. The predicted octanol–water partition coefficient (Wildman–Crippen LogP) is 3.28. The summed E-state index contributed by atoms with van der Waals surface area (Å²) in [4.78, 5) is 4.20. The van der Waals surface area contributed by atoms with Gasteiger partial charge in [0.25, 0.3) is 0 Å². The van der Waals surface area contributed by atoms with E-state index in [0.717, 1.165) is 16.5 Å². The molecule has 0 bridgehead atoms. The van der Waals surface area contributed by atoms with Crippen LogP contribution >= 0.6 is 0 Å². The predicted molar refractivity (Wildman–Crippen MR) is 62.9 cm³/mol. The first kappa shape index (κ1) is 9.71. The van der Waals surface area contributed by atoms with Gasteiger partial charge in [0, 0.05) is 17.1 Å². The van der Waals surface area contributed by atoms with Crippen molar-refractivity contribution in [3.8, 4) is 5.75 Å². The smallest absolute Gasteiger partial charge is 0.149 e. The molecule has 1 heterocycles. The maximum atomic E-state index is 9.99. The van der Waals surface area contributed by atoms with Crippen LogP contribution in [-0.4, -0.2) is 10.1 Å². The summed E-state index contributed by atoms with van der Waals surface area (Å²) in [7, 11) is 0. The maximum Gasteiger partial charge on any atom is 0.149 e. The molecular formula is C13H13NO. The third kappa shape index (κ3) is 1.59. The largest absolute Gasteiger partial charge is 0.505 e. The third-order valence-electron chi connectivity index (χ3n) is 2.48. The van der Waals surface area contributed by atoms with Crippen molar-refractivity contribution in [2.45, 2.75) is 13.8 Å². The van der Waals surface area contributed by atoms with Gasteiger partial charge in [0.05, 0.1) is 0 Å². The minimum atomic E-state index is 0.259. The number of hydrogen-bond donors (Lipinski definition) is 1. The summed E-state index contributed by atoms with van der Waals surface area (Å²) >= 11 is 0. The molecule has 0 unspecified atom stereocenters. The first-order valence-electron chi connectivity index (χ1n) is 4.94. The van der Waals surface area contributed by atoms with Crippen LogP contribution in [0.4, 0.5) is 0 Å². The Kier molecular flexibility index (Phi) is 2.42. The van der Waals surface area contributed by atoms with Crippen LogP contribution in [0.2, 0.25) is 0 Å². The van der Waals surface area contributed by atoms with Crippen LogP contribution in [0.1, 0.15) is 18.1 Å². The first-order valence-corrected chi connectivity index (χ1v) is 4.94. The van der Waals surface area contributed by atoms with Gasteiger partial charge in [-0.05, 0) is 25.5 Å². The Morgan fingerprint density at radius 3 is 2.80 bits per heavy atom. The van der Waals surface area contributed by atoms with Gasteiger partial charge in [0.2, 0.25) is 0 Å². The van der Waals surface area contributed by atoms with Crippen molar-refractivity contribution in [1.82, 2.24) is 4.98 Å². The molecule has 1 aromatic heterocycles. The topological polar surface area (TPSA) is 33.1 Å². The number of nitrogens with zero attached hydrogens (tertiary/aromatic N) is 1. The lowest BCUT2D eigenvalue weighted by Gasteiger charge is -2.05. The van der Waals surface area contributed by atoms with E-state index in [4.69, 9.17) is 0 Å². The van der Waals surface area contributed by atoms with Crippen molar-refractivity contribution in [2.24, 2.45) is 0 Å². The molecule has 0 amide bonds. The van der Waals surface area contributed by atoms with Gasteiger partial charge in [0.15, 0.2) is 0 Å². The van der Waals surface area contributed by atoms with Gasteiger partial charge in [-0.25, -0.2) is 0 Å². The minimum Gasteiger partial charge on any atom is -0.505 e. The molecule has 0 fully saturated rings. The summed E-state index contributed by atoms with van der Waals surface area (Å²) in [6.07, 6.45) is 5.49. The van der Waals surface area contributed by atoms with Crippen molar-refractivity contribution in [3.05, 3.63) is 41.6 Å². The number of fused-ring (bicyclic) bond motifs is 1. The maximum absolute atomic E-state index is 9.99. The number of rotatable bonds is 1. The van der Waals surface area contributed by atoms with Crippen LogP contribution < -0.4 is 0 Å². The highest BCUT2D eigenvalue weighted by Crippen LogP contribution is 2.29. The molecular weight excluding hydrogens is 186 g/mol. The normalized spacial score (nSPS) is 11.3. The average Bonchev–Trinajstić information content (AvgIpc) is 2.23. The van der Waals surface area contributed by atoms with Gasteiger partial charge in [0.1, 0.15) is 11.3 Å². The molecule has 0 aliphatic rings. The molecule has 0 aliphatic heterocycles. The standard InChI is InChI=1S/C13H13NO/c1-3-4-10-5-6-11-9(2)7-8-14-12(11)13(10)15/h3-8,15H,1-2H3/b4-3-. The van der Waals surface area contributed by atoms with E-state index < -0.39 is 0 Å². The number of phenols is 1. The Morgan fingerprint density at radius 1 is 1.27 bits per heavy atom. The Balaban J connectivity index is 2.80. The second-order valence-corrected chi connectivity index (χ2v) is 3.53. The number of pyridine rings is 1. The average molecular weight is 199 g/mol. The zero-order valence-corrected chi connectivity index (χ0v) is 8.86. The van der Waals surface area contributed by atoms with E-state index in [0.29, 0.717) is 5.52 Å². The van der Waals surface area contributed by atoms with Crippen LogP contribution in [0.25, 0.3) is 17.0 Å². The highest BCUT2D eigenvalue weighted by molar-refractivity contribution is 5.90. The van der Waals surface area contributed by atoms with Crippen LogP contribution in [0.3, 0.4) is 0 Å². The number of aromatic nitrogens is 1. The number of allylic oxidation sites excluding steroid dienone is 1. The molecule has 0 spiro atoms. The molecule has 0 aliphatic carbocycles. The Bertz CT molecular complexity index is 529. The molecule has 15 heavy (non-hydrogen) atoms. The Hall–Kier alpha value is -1.83. The van der Waals surface area contributed by atoms with Gasteiger partial charge in [-0.3, -0.25) is 4.98 Å². The summed E-state index contributed by atoms with van der Waals surface area (Å²) in [6.45, 7) is 3.94. The Labute approximate surface area is 88.9 Å². The minimum absolute atomic E-state index is 0.259. The van der Waals surface area contributed by atoms with E-state index in [1.54, 1.807) is 6.20 Å². The molecule has 2 aromatic rings. The number of aromatic hydroxyl groups is 1. The fourth-order valence-electron chi connectivity index (χ4n) is 1.67. The number of phenolic OH excluding ortho intramolecular Hbond substituents is 1. The van der Waals surface area contributed by atoms with Crippen molar-refractivity contribution < 1.29 is 5.11 Å². The lowest BCUT2D eigenvalue weighted by molar-refractivity contribution is 0.479. The highest BCUT2D eigenvalue weighted by atomic mass is 16.3. The van der Waals surface area contributed by atoms with Crippen molar-refractivity contribution >= 4 is 17.0 Å². The monoisotopic (exact) mass is 199 g/mol. The molecule has 0 saturated carbocycles. The lowest BCUT2D eigenvalue weighted by Crippen LogP contribution is -1.85. The number of aryl methyl sites for hydroxylation is 1. The van der Waals surface area contributed by atoms with Crippen molar-refractivity contribution in [3.63, 3.8) is 0 Å².